The average molecular weight is 557 g/mol. The SMILES string of the molecule is CCCCOc1cccc(C(=O)NC(=S)Nc2ccc(N3CCN(C(=O)c4cc5ccccc5o4)CC3)cc2)c1. The number of piperazine rings is 1. The van der Waals surface area contributed by atoms with E-state index in [2.05, 4.69) is 22.5 Å². The highest BCUT2D eigenvalue weighted by Crippen LogP contribution is 2.23. The Bertz CT molecular complexity index is 1460. The van der Waals surface area contributed by atoms with Crippen molar-refractivity contribution in [3.8, 4) is 5.75 Å². The van der Waals surface area contributed by atoms with Crippen LogP contribution in [0.25, 0.3) is 11.0 Å². The van der Waals surface area contributed by atoms with Crippen LogP contribution in [0.2, 0.25) is 0 Å². The molecule has 1 fully saturated rings. The molecule has 0 bridgehead atoms. The lowest BCUT2D eigenvalue weighted by Crippen LogP contribution is -2.48. The largest absolute Gasteiger partial charge is 0.494 e. The van der Waals surface area contributed by atoms with Gasteiger partial charge in [-0.25, -0.2) is 0 Å². The molecular formula is C31H32N4O4S. The number of para-hydroxylation sites is 1. The van der Waals surface area contributed by atoms with Gasteiger partial charge in [0.25, 0.3) is 11.8 Å². The summed E-state index contributed by atoms with van der Waals surface area (Å²) in [6.45, 7) is 5.37. The zero-order valence-electron chi connectivity index (χ0n) is 22.4. The minimum Gasteiger partial charge on any atom is -0.494 e. The number of hydrogen-bond donors (Lipinski definition) is 2. The maximum absolute atomic E-state index is 13.0. The molecule has 0 radical (unpaired) electrons. The van der Waals surface area contributed by atoms with Crippen LogP contribution in [-0.4, -0.2) is 54.6 Å². The van der Waals surface area contributed by atoms with Gasteiger partial charge in [-0.3, -0.25) is 14.9 Å². The Morgan fingerprint density at radius 2 is 1.73 bits per heavy atom. The van der Waals surface area contributed by atoms with Crippen molar-refractivity contribution in [2.45, 2.75) is 19.8 Å². The smallest absolute Gasteiger partial charge is 0.289 e. The van der Waals surface area contributed by atoms with Gasteiger partial charge < -0.3 is 24.3 Å². The normalized spacial score (nSPS) is 13.2. The van der Waals surface area contributed by atoms with Gasteiger partial charge in [0.05, 0.1) is 6.61 Å². The fourth-order valence-corrected chi connectivity index (χ4v) is 4.78. The second-order valence-corrected chi connectivity index (χ2v) is 10.0. The van der Waals surface area contributed by atoms with E-state index >= 15 is 0 Å². The topological polar surface area (TPSA) is 87.0 Å². The van der Waals surface area contributed by atoms with Gasteiger partial charge in [0.15, 0.2) is 10.9 Å². The summed E-state index contributed by atoms with van der Waals surface area (Å²) in [5, 5.41) is 6.94. The van der Waals surface area contributed by atoms with Crippen molar-refractivity contribution in [3.05, 3.63) is 90.2 Å². The Morgan fingerprint density at radius 3 is 2.48 bits per heavy atom. The number of nitrogens with zero attached hydrogens (tertiary/aromatic N) is 2. The first-order chi connectivity index (χ1) is 19.5. The number of unbranched alkanes of at least 4 members (excludes halogenated alkanes) is 1. The van der Waals surface area contributed by atoms with E-state index in [-0.39, 0.29) is 16.9 Å². The molecule has 9 heteroatoms. The van der Waals surface area contributed by atoms with Crippen molar-refractivity contribution in [3.63, 3.8) is 0 Å². The van der Waals surface area contributed by atoms with E-state index in [1.807, 2.05) is 65.6 Å². The Labute approximate surface area is 238 Å². The molecule has 0 unspecified atom stereocenters. The number of amides is 2. The number of ether oxygens (including phenoxy) is 1. The second kappa shape index (κ2) is 12.7. The molecule has 2 heterocycles. The third-order valence-corrected chi connectivity index (χ3v) is 6.99. The highest BCUT2D eigenvalue weighted by atomic mass is 32.1. The van der Waals surface area contributed by atoms with Crippen LogP contribution < -0.4 is 20.3 Å². The van der Waals surface area contributed by atoms with Crippen molar-refractivity contribution >= 4 is 51.5 Å². The van der Waals surface area contributed by atoms with E-state index in [1.165, 1.54) is 0 Å². The Balaban J connectivity index is 1.10. The summed E-state index contributed by atoms with van der Waals surface area (Å²) in [5.41, 5.74) is 3.02. The van der Waals surface area contributed by atoms with Crippen molar-refractivity contribution < 1.29 is 18.7 Å². The summed E-state index contributed by atoms with van der Waals surface area (Å²) < 4.78 is 11.4. The third-order valence-electron chi connectivity index (χ3n) is 6.78. The molecular weight excluding hydrogens is 524 g/mol. The van der Waals surface area contributed by atoms with Crippen LogP contribution in [0, 0.1) is 0 Å². The molecule has 0 atom stereocenters. The molecule has 2 amide bonds. The Kier molecular flexibility index (Phi) is 8.61. The average Bonchev–Trinajstić information content (AvgIpc) is 3.42. The van der Waals surface area contributed by atoms with Crippen LogP contribution in [0.1, 0.15) is 40.7 Å². The van der Waals surface area contributed by atoms with E-state index in [4.69, 9.17) is 21.4 Å². The fraction of sp³-hybridized carbons (Fsp3) is 0.258. The van der Waals surface area contributed by atoms with Crippen molar-refractivity contribution in [2.24, 2.45) is 0 Å². The predicted octanol–water partition coefficient (Wildman–Crippen LogP) is 5.70. The summed E-state index contributed by atoms with van der Waals surface area (Å²) in [6.07, 6.45) is 2.01. The molecule has 3 aromatic carbocycles. The summed E-state index contributed by atoms with van der Waals surface area (Å²) in [7, 11) is 0. The molecule has 0 spiro atoms. The number of nitrogens with one attached hydrogen (secondary N) is 2. The van der Waals surface area contributed by atoms with E-state index in [0.29, 0.717) is 49.9 Å². The van der Waals surface area contributed by atoms with Crippen molar-refractivity contribution in [2.75, 3.05) is 43.0 Å². The van der Waals surface area contributed by atoms with Crippen LogP contribution in [0.3, 0.4) is 0 Å². The van der Waals surface area contributed by atoms with E-state index in [0.717, 1.165) is 35.2 Å². The van der Waals surface area contributed by atoms with E-state index in [9.17, 15) is 9.59 Å². The molecule has 4 aromatic rings. The number of rotatable bonds is 8. The van der Waals surface area contributed by atoms with Gasteiger partial charge in [0, 0.05) is 48.5 Å². The first kappa shape index (κ1) is 27.2. The number of carbonyl (C=O) groups is 2. The first-order valence-corrected chi connectivity index (χ1v) is 13.9. The summed E-state index contributed by atoms with van der Waals surface area (Å²) in [6, 6.07) is 24.4. The first-order valence-electron chi connectivity index (χ1n) is 13.5. The second-order valence-electron chi connectivity index (χ2n) is 9.61. The van der Waals surface area contributed by atoms with Gasteiger partial charge in [-0.05, 0) is 73.2 Å². The standard InChI is InChI=1S/C31H32N4O4S/c1-2-3-19-38-26-9-6-8-23(20-26)29(36)33-31(40)32-24-11-13-25(14-12-24)34-15-17-35(18-16-34)30(37)28-21-22-7-4-5-10-27(22)39-28/h4-14,20-21H,2-3,15-19H2,1H3,(H2,32,33,36,40). The summed E-state index contributed by atoms with van der Waals surface area (Å²) in [5.74, 6) is 0.656. The number of furan rings is 1. The molecule has 5 rings (SSSR count). The van der Waals surface area contributed by atoms with E-state index < -0.39 is 0 Å². The zero-order valence-corrected chi connectivity index (χ0v) is 23.2. The Hall–Kier alpha value is -4.37. The molecule has 8 nitrogen and oxygen atoms in total. The molecule has 1 saturated heterocycles. The molecule has 40 heavy (non-hydrogen) atoms. The number of benzene rings is 3. The van der Waals surface area contributed by atoms with Crippen molar-refractivity contribution in [1.29, 1.82) is 0 Å². The maximum atomic E-state index is 13.0. The lowest BCUT2D eigenvalue weighted by atomic mass is 10.2. The predicted molar refractivity (Wildman–Crippen MR) is 161 cm³/mol. The minimum absolute atomic E-state index is 0.0818. The molecule has 0 saturated carbocycles. The van der Waals surface area contributed by atoms with Crippen LogP contribution >= 0.6 is 12.2 Å². The summed E-state index contributed by atoms with van der Waals surface area (Å²) >= 11 is 5.36. The van der Waals surface area contributed by atoms with Crippen LogP contribution in [-0.2, 0) is 0 Å². The molecule has 0 aliphatic carbocycles. The quantitative estimate of drug-likeness (QED) is 0.213. The fourth-order valence-electron chi connectivity index (χ4n) is 4.57. The lowest BCUT2D eigenvalue weighted by Gasteiger charge is -2.35. The highest BCUT2D eigenvalue weighted by molar-refractivity contribution is 7.80. The van der Waals surface area contributed by atoms with Gasteiger partial charge >= 0.3 is 0 Å². The number of thiocarbonyl (C=S) groups is 1. The van der Waals surface area contributed by atoms with Gasteiger partial charge in [0.1, 0.15) is 11.3 Å². The number of carbonyl (C=O) groups excluding carboxylic acids is 2. The summed E-state index contributed by atoms with van der Waals surface area (Å²) in [4.78, 5) is 29.7. The highest BCUT2D eigenvalue weighted by Gasteiger charge is 2.24. The maximum Gasteiger partial charge on any atom is 0.289 e. The molecule has 1 aliphatic heterocycles. The Morgan fingerprint density at radius 1 is 0.950 bits per heavy atom. The zero-order chi connectivity index (χ0) is 27.9. The minimum atomic E-state index is -0.301. The number of anilines is 2. The molecule has 1 aromatic heterocycles. The van der Waals surface area contributed by atoms with Gasteiger partial charge in [-0.15, -0.1) is 0 Å². The monoisotopic (exact) mass is 556 g/mol. The number of hydrogen-bond acceptors (Lipinski definition) is 6. The van der Waals surface area contributed by atoms with Gasteiger partial charge in [0.2, 0.25) is 0 Å². The van der Waals surface area contributed by atoms with Crippen LogP contribution in [0.15, 0.2) is 83.3 Å². The number of fused-ring (bicyclic) bond motifs is 1. The van der Waals surface area contributed by atoms with Crippen LogP contribution in [0.4, 0.5) is 11.4 Å². The molecule has 2 N–H and O–H groups in total. The van der Waals surface area contributed by atoms with Gasteiger partial charge in [-0.2, -0.15) is 0 Å². The van der Waals surface area contributed by atoms with Crippen molar-refractivity contribution in [1.82, 2.24) is 10.2 Å². The van der Waals surface area contributed by atoms with Gasteiger partial charge in [-0.1, -0.05) is 37.6 Å². The third kappa shape index (κ3) is 6.60. The lowest BCUT2D eigenvalue weighted by molar-refractivity contribution is 0.0717. The molecule has 1 aliphatic rings. The van der Waals surface area contributed by atoms with E-state index in [1.54, 1.807) is 18.2 Å². The van der Waals surface area contributed by atoms with Crippen LogP contribution in [0.5, 0.6) is 5.75 Å². The molecule has 206 valence electrons.